The number of allylic oxidation sites excluding steroid dienone is 1. The molecule has 7 heteroatoms. The number of hydrogen-bond acceptors (Lipinski definition) is 5. The number of carboxylic acid groups (broad SMARTS) is 2. The number of carboxylic acids is 2. The lowest BCUT2D eigenvalue weighted by molar-refractivity contribution is -0.140. The van der Waals surface area contributed by atoms with Gasteiger partial charge >= 0.3 is 11.9 Å². The van der Waals surface area contributed by atoms with Crippen molar-refractivity contribution in [1.29, 1.82) is 0 Å². The maximum Gasteiger partial charge on any atom is 0.343 e. The van der Waals surface area contributed by atoms with Gasteiger partial charge in [-0.25, -0.2) is 9.59 Å². The third-order valence-corrected chi connectivity index (χ3v) is 9.71. The molecule has 2 aliphatic heterocycles. The molecule has 38 heavy (non-hydrogen) atoms. The van der Waals surface area contributed by atoms with Crippen molar-refractivity contribution in [2.24, 2.45) is 5.92 Å². The molecule has 0 bridgehead atoms. The quantitative estimate of drug-likeness (QED) is 0.271. The van der Waals surface area contributed by atoms with E-state index in [9.17, 15) is 19.8 Å². The molecular formula is C31H48N2O5. The summed E-state index contributed by atoms with van der Waals surface area (Å²) in [6.07, 6.45) is 3.03. The summed E-state index contributed by atoms with van der Waals surface area (Å²) in [5.41, 5.74) is 0.924. The molecule has 0 aromatic heterocycles. The van der Waals surface area contributed by atoms with Gasteiger partial charge in [-0.3, -0.25) is 9.80 Å². The van der Waals surface area contributed by atoms with Crippen molar-refractivity contribution < 1.29 is 24.5 Å². The molecule has 0 atom stereocenters. The van der Waals surface area contributed by atoms with Crippen LogP contribution in [0.3, 0.4) is 0 Å². The predicted octanol–water partition coefficient (Wildman–Crippen LogP) is 5.88. The standard InChI is InChI=1S/C31H48N2O5/c1-28(2)15-19(16-29(3,4)32(28)9)23-14-21(38-11)12-13-22(23)24(25(26(34)35)27(36)37)20-17-30(5,6)33(10)31(7,8)18-20/h12-14,19-20H,15-18H2,1-11H3,(H,34,35)(H,36,37). The Morgan fingerprint density at radius 1 is 0.789 bits per heavy atom. The first-order chi connectivity index (χ1) is 17.2. The summed E-state index contributed by atoms with van der Waals surface area (Å²) in [7, 11) is 5.88. The maximum atomic E-state index is 12.6. The van der Waals surface area contributed by atoms with Gasteiger partial charge in [-0.05, 0) is 136 Å². The molecular weight excluding hydrogens is 480 g/mol. The van der Waals surface area contributed by atoms with Gasteiger partial charge in [0.15, 0.2) is 0 Å². The summed E-state index contributed by atoms with van der Waals surface area (Å²) < 4.78 is 5.62. The Balaban J connectivity index is 2.34. The van der Waals surface area contributed by atoms with Crippen LogP contribution < -0.4 is 4.74 Å². The van der Waals surface area contributed by atoms with Crippen molar-refractivity contribution in [3.63, 3.8) is 0 Å². The molecule has 1 aromatic carbocycles. The molecule has 0 saturated carbocycles. The second-order valence-corrected chi connectivity index (χ2v) is 13.9. The van der Waals surface area contributed by atoms with Gasteiger partial charge in [0.2, 0.25) is 0 Å². The van der Waals surface area contributed by atoms with Gasteiger partial charge in [0, 0.05) is 22.2 Å². The van der Waals surface area contributed by atoms with Gasteiger partial charge in [0.05, 0.1) is 7.11 Å². The second kappa shape index (κ2) is 9.98. The first-order valence-corrected chi connectivity index (χ1v) is 13.6. The topological polar surface area (TPSA) is 90.3 Å². The number of benzene rings is 1. The summed E-state index contributed by atoms with van der Waals surface area (Å²) in [6, 6.07) is 5.73. The van der Waals surface area contributed by atoms with Crippen molar-refractivity contribution in [1.82, 2.24) is 9.80 Å². The van der Waals surface area contributed by atoms with Gasteiger partial charge in [-0.2, -0.15) is 0 Å². The van der Waals surface area contributed by atoms with Crippen molar-refractivity contribution >= 4 is 17.5 Å². The molecule has 2 saturated heterocycles. The number of rotatable bonds is 6. The van der Waals surface area contributed by atoms with Crippen LogP contribution in [0.4, 0.5) is 0 Å². The summed E-state index contributed by atoms with van der Waals surface area (Å²) in [5.74, 6) is -2.24. The predicted molar refractivity (Wildman–Crippen MR) is 152 cm³/mol. The van der Waals surface area contributed by atoms with E-state index in [4.69, 9.17) is 4.74 Å². The SMILES string of the molecule is COc1ccc(C(=C(C(=O)O)C(=O)O)C2CC(C)(C)N(C)C(C)(C)C2)c(C2CC(C)(C)N(C)C(C)(C)C2)c1. The van der Waals surface area contributed by atoms with Gasteiger partial charge in [0.1, 0.15) is 11.3 Å². The summed E-state index contributed by atoms with van der Waals surface area (Å²) in [6.45, 7) is 17.5. The first kappa shape index (κ1) is 30.2. The monoisotopic (exact) mass is 528 g/mol. The summed E-state index contributed by atoms with van der Waals surface area (Å²) in [4.78, 5) is 29.9. The molecule has 2 aliphatic rings. The van der Waals surface area contributed by atoms with Crippen LogP contribution in [0.5, 0.6) is 5.75 Å². The number of piperidine rings is 2. The number of ether oxygens (including phenoxy) is 1. The third kappa shape index (κ3) is 5.50. The largest absolute Gasteiger partial charge is 0.497 e. The Morgan fingerprint density at radius 3 is 1.61 bits per heavy atom. The molecule has 212 valence electrons. The number of nitrogens with zero attached hydrogens (tertiary/aromatic N) is 2. The zero-order valence-electron chi connectivity index (χ0n) is 25.2. The van der Waals surface area contributed by atoms with Crippen molar-refractivity contribution in [2.45, 2.75) is 109 Å². The van der Waals surface area contributed by atoms with E-state index < -0.39 is 17.5 Å². The Morgan fingerprint density at radius 2 is 1.21 bits per heavy atom. The number of aliphatic carboxylic acids is 2. The van der Waals surface area contributed by atoms with Gasteiger partial charge in [-0.1, -0.05) is 6.07 Å². The van der Waals surface area contributed by atoms with Crippen LogP contribution in [-0.2, 0) is 9.59 Å². The molecule has 0 radical (unpaired) electrons. The molecule has 2 fully saturated rings. The molecule has 0 aliphatic carbocycles. The molecule has 0 spiro atoms. The molecule has 7 nitrogen and oxygen atoms in total. The molecule has 3 rings (SSSR count). The highest BCUT2D eigenvalue weighted by Crippen LogP contribution is 2.51. The van der Waals surface area contributed by atoms with Crippen molar-refractivity contribution in [2.75, 3.05) is 21.2 Å². The summed E-state index contributed by atoms with van der Waals surface area (Å²) >= 11 is 0. The number of hydrogen-bond donors (Lipinski definition) is 2. The number of methoxy groups -OCH3 is 1. The van der Waals surface area contributed by atoms with E-state index in [1.165, 1.54) is 0 Å². The lowest BCUT2D eigenvalue weighted by Gasteiger charge is -2.55. The first-order valence-electron chi connectivity index (χ1n) is 13.6. The minimum absolute atomic E-state index is 0.101. The van der Waals surface area contributed by atoms with Crippen LogP contribution in [0.25, 0.3) is 5.57 Å². The van der Waals surface area contributed by atoms with Crippen LogP contribution >= 0.6 is 0 Å². The fourth-order valence-electron chi connectivity index (χ4n) is 7.30. The normalized spacial score (nSPS) is 23.6. The van der Waals surface area contributed by atoms with Crippen LogP contribution in [-0.4, -0.2) is 75.3 Å². The van der Waals surface area contributed by atoms with Gasteiger partial charge < -0.3 is 14.9 Å². The molecule has 1 aromatic rings. The molecule has 2 N–H and O–H groups in total. The smallest absolute Gasteiger partial charge is 0.343 e. The Labute approximate surface area is 228 Å². The highest BCUT2D eigenvalue weighted by atomic mass is 16.5. The number of likely N-dealkylation sites (tertiary alicyclic amines) is 2. The Bertz CT molecular complexity index is 1080. The van der Waals surface area contributed by atoms with Crippen molar-refractivity contribution in [3.05, 3.63) is 34.9 Å². The highest BCUT2D eigenvalue weighted by Gasteiger charge is 2.48. The Kier molecular flexibility index (Phi) is 7.92. The van der Waals surface area contributed by atoms with E-state index in [0.29, 0.717) is 24.2 Å². The third-order valence-electron chi connectivity index (χ3n) is 9.71. The fraction of sp³-hybridized carbons (Fsp3) is 0.677. The summed E-state index contributed by atoms with van der Waals surface area (Å²) in [5, 5.41) is 20.5. The van der Waals surface area contributed by atoms with Crippen LogP contribution in [0.1, 0.15) is 98.1 Å². The van der Waals surface area contributed by atoms with Gasteiger partial charge in [0.25, 0.3) is 0 Å². The van der Waals surface area contributed by atoms with Crippen LogP contribution in [0, 0.1) is 5.92 Å². The average molecular weight is 529 g/mol. The van der Waals surface area contributed by atoms with Crippen LogP contribution in [0.15, 0.2) is 23.8 Å². The average Bonchev–Trinajstić information content (AvgIpc) is 2.77. The molecule has 0 unspecified atom stereocenters. The maximum absolute atomic E-state index is 12.6. The lowest BCUT2D eigenvalue weighted by Crippen LogP contribution is -2.58. The minimum Gasteiger partial charge on any atom is -0.497 e. The molecule has 2 heterocycles. The van der Waals surface area contributed by atoms with Crippen molar-refractivity contribution in [3.8, 4) is 5.75 Å². The van der Waals surface area contributed by atoms with Gasteiger partial charge in [-0.15, -0.1) is 0 Å². The fourth-order valence-corrected chi connectivity index (χ4v) is 7.30. The van der Waals surface area contributed by atoms with E-state index in [-0.39, 0.29) is 34.0 Å². The van der Waals surface area contributed by atoms with E-state index in [1.807, 2.05) is 18.2 Å². The molecule has 0 amide bonds. The second-order valence-electron chi connectivity index (χ2n) is 13.9. The van der Waals surface area contributed by atoms with E-state index in [0.717, 1.165) is 24.0 Å². The lowest BCUT2D eigenvalue weighted by atomic mass is 9.66. The highest BCUT2D eigenvalue weighted by molar-refractivity contribution is 6.19. The number of carbonyl (C=O) groups is 2. The minimum atomic E-state index is -1.40. The van der Waals surface area contributed by atoms with E-state index >= 15 is 0 Å². The van der Waals surface area contributed by atoms with Crippen LogP contribution in [0.2, 0.25) is 0 Å². The zero-order valence-corrected chi connectivity index (χ0v) is 25.2. The Hall–Kier alpha value is -2.38. The zero-order chi connectivity index (χ0) is 29.0. The van der Waals surface area contributed by atoms with E-state index in [2.05, 4.69) is 79.3 Å². The van der Waals surface area contributed by atoms with E-state index in [1.54, 1.807) is 7.11 Å².